The van der Waals surface area contributed by atoms with Crippen LogP contribution in [-0.4, -0.2) is 18.2 Å². The minimum atomic E-state index is -0.763. The van der Waals surface area contributed by atoms with E-state index < -0.39 is 5.97 Å². The average molecular weight is 255 g/mol. The predicted octanol–water partition coefficient (Wildman–Crippen LogP) is 3.32. The van der Waals surface area contributed by atoms with Crippen molar-refractivity contribution in [3.05, 3.63) is 28.8 Å². The molecule has 0 amide bonds. The molecule has 0 saturated heterocycles. The monoisotopic (exact) mass is 254 g/mol. The second kappa shape index (κ2) is 4.96. The molecule has 1 fully saturated rings. The first kappa shape index (κ1) is 12.2. The fourth-order valence-electron chi connectivity index (χ4n) is 2.16. The van der Waals surface area contributed by atoms with Gasteiger partial charge in [0, 0.05) is 5.02 Å². The Balaban J connectivity index is 2.28. The number of ether oxygens (including phenoxy) is 1. The highest BCUT2D eigenvalue weighted by Crippen LogP contribution is 2.45. The van der Waals surface area contributed by atoms with Crippen molar-refractivity contribution < 1.29 is 14.6 Å². The van der Waals surface area contributed by atoms with Crippen LogP contribution >= 0.6 is 11.6 Å². The summed E-state index contributed by atoms with van der Waals surface area (Å²) in [5.41, 5.74) is 0.972. The summed E-state index contributed by atoms with van der Waals surface area (Å²) in [5.74, 6) is 0.457. The normalized spacial score (nSPS) is 16.6. The molecular formula is C13H15ClO3. The van der Waals surface area contributed by atoms with Crippen LogP contribution in [0, 0.1) is 5.92 Å². The first-order valence-electron chi connectivity index (χ1n) is 5.66. The molecule has 0 bridgehead atoms. The van der Waals surface area contributed by atoms with Crippen molar-refractivity contribution >= 4 is 17.6 Å². The van der Waals surface area contributed by atoms with Crippen LogP contribution in [0.1, 0.15) is 30.7 Å². The molecule has 0 heterocycles. The lowest BCUT2D eigenvalue weighted by Crippen LogP contribution is -2.08. The highest BCUT2D eigenvalue weighted by atomic mass is 35.5. The topological polar surface area (TPSA) is 46.5 Å². The van der Waals surface area contributed by atoms with Gasteiger partial charge in [-0.1, -0.05) is 11.6 Å². The van der Waals surface area contributed by atoms with Gasteiger partial charge in [-0.3, -0.25) is 4.79 Å². The third kappa shape index (κ3) is 3.13. The number of rotatable bonds is 5. The van der Waals surface area contributed by atoms with E-state index in [2.05, 4.69) is 0 Å². The smallest absolute Gasteiger partial charge is 0.303 e. The maximum Gasteiger partial charge on any atom is 0.303 e. The number of methoxy groups -OCH3 is 1. The maximum atomic E-state index is 10.9. The number of halogens is 1. The first-order valence-corrected chi connectivity index (χ1v) is 6.04. The summed E-state index contributed by atoms with van der Waals surface area (Å²) in [6.45, 7) is 0. The van der Waals surface area contributed by atoms with Gasteiger partial charge in [0.05, 0.1) is 13.5 Å². The zero-order valence-corrected chi connectivity index (χ0v) is 10.4. The minimum absolute atomic E-state index is 0.0556. The number of carbonyl (C=O) groups is 1. The van der Waals surface area contributed by atoms with Crippen molar-refractivity contribution in [3.8, 4) is 5.75 Å². The van der Waals surface area contributed by atoms with Gasteiger partial charge in [-0.2, -0.15) is 0 Å². The Morgan fingerprint density at radius 2 is 2.24 bits per heavy atom. The van der Waals surface area contributed by atoms with Crippen molar-refractivity contribution in [1.29, 1.82) is 0 Å². The molecule has 92 valence electrons. The van der Waals surface area contributed by atoms with Gasteiger partial charge in [0.1, 0.15) is 5.75 Å². The molecular weight excluding hydrogens is 240 g/mol. The first-order chi connectivity index (χ1) is 8.10. The average Bonchev–Trinajstić information content (AvgIpc) is 3.08. The maximum absolute atomic E-state index is 10.9. The molecule has 3 nitrogen and oxygen atoms in total. The van der Waals surface area contributed by atoms with Crippen LogP contribution in [0.15, 0.2) is 18.2 Å². The highest BCUT2D eigenvalue weighted by molar-refractivity contribution is 6.30. The lowest BCUT2D eigenvalue weighted by atomic mass is 9.91. The Kier molecular flexibility index (Phi) is 3.57. The Morgan fingerprint density at radius 3 is 2.76 bits per heavy atom. The number of carboxylic acid groups (broad SMARTS) is 1. The van der Waals surface area contributed by atoms with E-state index >= 15 is 0 Å². The van der Waals surface area contributed by atoms with Gasteiger partial charge in [0.25, 0.3) is 0 Å². The molecule has 0 spiro atoms. The predicted molar refractivity (Wildman–Crippen MR) is 65.7 cm³/mol. The van der Waals surface area contributed by atoms with E-state index in [1.54, 1.807) is 13.2 Å². The van der Waals surface area contributed by atoms with Gasteiger partial charge < -0.3 is 9.84 Å². The van der Waals surface area contributed by atoms with E-state index in [4.69, 9.17) is 21.4 Å². The van der Waals surface area contributed by atoms with Crippen LogP contribution in [-0.2, 0) is 4.79 Å². The summed E-state index contributed by atoms with van der Waals surface area (Å²) in [6, 6.07) is 5.46. The number of hydrogen-bond donors (Lipinski definition) is 1. The molecule has 0 aliphatic heterocycles. The summed E-state index contributed by atoms with van der Waals surface area (Å²) in [7, 11) is 1.58. The lowest BCUT2D eigenvalue weighted by Gasteiger charge is -2.15. The van der Waals surface area contributed by atoms with Gasteiger partial charge in [-0.15, -0.1) is 0 Å². The number of aliphatic carboxylic acids is 1. The van der Waals surface area contributed by atoms with Crippen LogP contribution in [0.2, 0.25) is 5.02 Å². The molecule has 0 aromatic heterocycles. The fourth-order valence-corrected chi connectivity index (χ4v) is 2.39. The Hall–Kier alpha value is -1.22. The standard InChI is InChI=1S/C13H15ClO3/c1-17-11-5-9(4-10(14)6-11)12(7-13(15)16)8-2-3-8/h4-6,8,12H,2-3,7H2,1H3,(H,15,16). The van der Waals surface area contributed by atoms with Crippen molar-refractivity contribution in [1.82, 2.24) is 0 Å². The summed E-state index contributed by atoms with van der Waals surface area (Å²) in [4.78, 5) is 10.9. The van der Waals surface area contributed by atoms with Crippen molar-refractivity contribution in [2.45, 2.75) is 25.2 Å². The second-order valence-electron chi connectivity index (χ2n) is 4.47. The SMILES string of the molecule is COc1cc(Cl)cc(C(CC(=O)O)C2CC2)c1. The third-order valence-electron chi connectivity index (χ3n) is 3.14. The Labute approximate surface area is 105 Å². The van der Waals surface area contributed by atoms with Crippen LogP contribution in [0.4, 0.5) is 0 Å². The molecule has 17 heavy (non-hydrogen) atoms. The molecule has 0 radical (unpaired) electrons. The number of benzene rings is 1. The van der Waals surface area contributed by atoms with E-state index in [9.17, 15) is 4.79 Å². The minimum Gasteiger partial charge on any atom is -0.497 e. The lowest BCUT2D eigenvalue weighted by molar-refractivity contribution is -0.137. The third-order valence-corrected chi connectivity index (χ3v) is 3.36. The molecule has 1 aromatic carbocycles. The Bertz CT molecular complexity index is 427. The summed E-state index contributed by atoms with van der Waals surface area (Å²) < 4.78 is 5.16. The second-order valence-corrected chi connectivity index (χ2v) is 4.90. The van der Waals surface area contributed by atoms with Gasteiger partial charge in [-0.25, -0.2) is 0 Å². The van der Waals surface area contributed by atoms with Crippen LogP contribution in [0.25, 0.3) is 0 Å². The summed E-state index contributed by atoms with van der Waals surface area (Å²) >= 11 is 6.01. The zero-order chi connectivity index (χ0) is 12.4. The van der Waals surface area contributed by atoms with Gasteiger partial charge >= 0.3 is 5.97 Å². The molecule has 2 rings (SSSR count). The van der Waals surface area contributed by atoms with Crippen LogP contribution < -0.4 is 4.74 Å². The van der Waals surface area contributed by atoms with Crippen molar-refractivity contribution in [2.24, 2.45) is 5.92 Å². The van der Waals surface area contributed by atoms with E-state index in [0.29, 0.717) is 16.7 Å². The van der Waals surface area contributed by atoms with Crippen molar-refractivity contribution in [3.63, 3.8) is 0 Å². The van der Waals surface area contributed by atoms with Crippen LogP contribution in [0.3, 0.4) is 0 Å². The Morgan fingerprint density at radius 1 is 1.53 bits per heavy atom. The number of carboxylic acids is 1. The molecule has 4 heteroatoms. The van der Waals surface area contributed by atoms with Gasteiger partial charge in [0.2, 0.25) is 0 Å². The molecule has 1 saturated carbocycles. The molecule has 1 atom stereocenters. The largest absolute Gasteiger partial charge is 0.497 e. The zero-order valence-electron chi connectivity index (χ0n) is 9.65. The molecule has 1 unspecified atom stereocenters. The van der Waals surface area contributed by atoms with Gasteiger partial charge in [-0.05, 0) is 48.4 Å². The molecule has 1 aliphatic carbocycles. The van der Waals surface area contributed by atoms with E-state index in [-0.39, 0.29) is 12.3 Å². The molecule has 1 aliphatic rings. The van der Waals surface area contributed by atoms with Crippen molar-refractivity contribution in [2.75, 3.05) is 7.11 Å². The summed E-state index contributed by atoms with van der Waals surface area (Å²) in [6.07, 6.45) is 2.37. The number of hydrogen-bond acceptors (Lipinski definition) is 2. The fraction of sp³-hybridized carbons (Fsp3) is 0.462. The quantitative estimate of drug-likeness (QED) is 0.877. The highest BCUT2D eigenvalue weighted by Gasteiger charge is 2.34. The molecule has 1 N–H and O–H groups in total. The van der Waals surface area contributed by atoms with Crippen LogP contribution in [0.5, 0.6) is 5.75 Å². The van der Waals surface area contributed by atoms with E-state index in [1.165, 1.54) is 0 Å². The van der Waals surface area contributed by atoms with E-state index in [0.717, 1.165) is 18.4 Å². The molecule has 1 aromatic rings. The summed E-state index contributed by atoms with van der Waals surface area (Å²) in [5, 5.41) is 9.55. The van der Waals surface area contributed by atoms with E-state index in [1.807, 2.05) is 12.1 Å². The van der Waals surface area contributed by atoms with Gasteiger partial charge in [0.15, 0.2) is 0 Å².